The highest BCUT2D eigenvalue weighted by atomic mass is 79.9. The van der Waals surface area contributed by atoms with Crippen molar-refractivity contribution in [3.63, 3.8) is 0 Å². The third-order valence-electron chi connectivity index (χ3n) is 5.84. The Hall–Kier alpha value is 0.697. The first kappa shape index (κ1) is 15.1. The van der Waals surface area contributed by atoms with Gasteiger partial charge in [-0.15, -0.1) is 0 Å². The standard InChI is InChI=1S/C16H31BrSi/c1-2-12-18(16-6-4-3-5-7-16)13-9-15(8-11-17)10-14-18/h15-16H,2-14H2,1H3/t15-,18+. The summed E-state index contributed by atoms with van der Waals surface area (Å²) in [7, 11) is -0.868. The molecular weight excluding hydrogens is 300 g/mol. The topological polar surface area (TPSA) is 0 Å². The molecule has 18 heavy (non-hydrogen) atoms. The van der Waals surface area contributed by atoms with Crippen LogP contribution in [-0.2, 0) is 0 Å². The normalized spacial score (nSPS) is 34.7. The Morgan fingerprint density at radius 1 is 1.00 bits per heavy atom. The van der Waals surface area contributed by atoms with E-state index in [0.29, 0.717) is 0 Å². The van der Waals surface area contributed by atoms with Crippen molar-refractivity contribution in [1.29, 1.82) is 0 Å². The molecule has 1 heterocycles. The molecule has 0 unspecified atom stereocenters. The van der Waals surface area contributed by atoms with E-state index in [0.717, 1.165) is 5.92 Å². The summed E-state index contributed by atoms with van der Waals surface area (Å²) in [5, 5.41) is 1.23. The highest BCUT2D eigenvalue weighted by molar-refractivity contribution is 9.09. The molecule has 2 heteroatoms. The second kappa shape index (κ2) is 7.47. The highest BCUT2D eigenvalue weighted by Crippen LogP contribution is 2.49. The van der Waals surface area contributed by atoms with Crippen molar-refractivity contribution in [3.05, 3.63) is 0 Å². The molecule has 0 aromatic carbocycles. The average molecular weight is 331 g/mol. The molecule has 0 bridgehead atoms. The molecule has 2 rings (SSSR count). The first-order valence-electron chi connectivity index (χ1n) is 8.36. The maximum atomic E-state index is 3.63. The van der Waals surface area contributed by atoms with Gasteiger partial charge in [-0.3, -0.25) is 0 Å². The van der Waals surface area contributed by atoms with Crippen molar-refractivity contribution < 1.29 is 0 Å². The van der Waals surface area contributed by atoms with Crippen molar-refractivity contribution >= 4 is 24.0 Å². The fraction of sp³-hybridized carbons (Fsp3) is 1.00. The first-order valence-corrected chi connectivity index (χ1v) is 12.2. The van der Waals surface area contributed by atoms with Gasteiger partial charge in [0.05, 0.1) is 8.07 Å². The number of hydrogen-bond donors (Lipinski definition) is 0. The Balaban J connectivity index is 1.95. The number of rotatable bonds is 5. The summed E-state index contributed by atoms with van der Waals surface area (Å²) in [5.41, 5.74) is 1.22. The third kappa shape index (κ3) is 3.62. The Labute approximate surface area is 123 Å². The summed E-state index contributed by atoms with van der Waals surface area (Å²) < 4.78 is 0. The Morgan fingerprint density at radius 2 is 1.67 bits per heavy atom. The second-order valence-electron chi connectivity index (χ2n) is 6.87. The van der Waals surface area contributed by atoms with Gasteiger partial charge in [0, 0.05) is 5.33 Å². The van der Waals surface area contributed by atoms with Gasteiger partial charge >= 0.3 is 0 Å². The minimum Gasteiger partial charge on any atom is -0.0928 e. The number of hydrogen-bond acceptors (Lipinski definition) is 0. The lowest BCUT2D eigenvalue weighted by atomic mass is 9.99. The molecular formula is C16H31BrSi. The molecule has 0 spiro atoms. The Morgan fingerprint density at radius 3 is 2.22 bits per heavy atom. The lowest BCUT2D eigenvalue weighted by molar-refractivity contribution is 0.430. The van der Waals surface area contributed by atoms with Gasteiger partial charge in [0.1, 0.15) is 0 Å². The van der Waals surface area contributed by atoms with Crippen LogP contribution in [0, 0.1) is 5.92 Å². The highest BCUT2D eigenvalue weighted by Gasteiger charge is 2.42. The fourth-order valence-electron chi connectivity index (χ4n) is 4.77. The maximum Gasteiger partial charge on any atom is 0.0567 e. The minimum absolute atomic E-state index is 0.868. The molecule has 106 valence electrons. The van der Waals surface area contributed by atoms with E-state index in [1.807, 2.05) is 0 Å². The summed E-state index contributed by atoms with van der Waals surface area (Å²) >= 11 is 3.63. The predicted molar refractivity (Wildman–Crippen MR) is 88.4 cm³/mol. The number of halogens is 1. The molecule has 0 nitrogen and oxygen atoms in total. The molecule has 1 saturated carbocycles. The lowest BCUT2D eigenvalue weighted by Crippen LogP contribution is -2.43. The molecule has 1 aliphatic carbocycles. The van der Waals surface area contributed by atoms with Crippen molar-refractivity contribution in [2.24, 2.45) is 5.92 Å². The van der Waals surface area contributed by atoms with Crippen molar-refractivity contribution in [2.45, 2.75) is 88.4 Å². The average Bonchev–Trinajstić information content (AvgIpc) is 2.43. The van der Waals surface area contributed by atoms with E-state index in [4.69, 9.17) is 0 Å². The Bertz CT molecular complexity index is 227. The van der Waals surface area contributed by atoms with Gasteiger partial charge in [-0.05, 0) is 17.9 Å². The van der Waals surface area contributed by atoms with Gasteiger partial charge in [0.2, 0.25) is 0 Å². The monoisotopic (exact) mass is 330 g/mol. The molecule has 0 atom stereocenters. The van der Waals surface area contributed by atoms with E-state index >= 15 is 0 Å². The summed E-state index contributed by atoms with van der Waals surface area (Å²) in [5.74, 6) is 1.06. The predicted octanol–water partition coefficient (Wildman–Crippen LogP) is 6.37. The molecule has 0 amide bonds. The van der Waals surface area contributed by atoms with Crippen LogP contribution in [0.15, 0.2) is 0 Å². The van der Waals surface area contributed by atoms with Gasteiger partial charge in [0.15, 0.2) is 0 Å². The van der Waals surface area contributed by atoms with Crippen molar-refractivity contribution in [2.75, 3.05) is 5.33 Å². The largest absolute Gasteiger partial charge is 0.0928 e. The van der Waals surface area contributed by atoms with E-state index in [9.17, 15) is 0 Å². The van der Waals surface area contributed by atoms with Crippen LogP contribution >= 0.6 is 15.9 Å². The molecule has 0 N–H and O–H groups in total. The molecule has 0 radical (unpaired) electrons. The molecule has 0 aromatic rings. The minimum atomic E-state index is -0.868. The number of alkyl halides is 1. The molecule has 2 aliphatic rings. The van der Waals surface area contributed by atoms with Crippen LogP contribution < -0.4 is 0 Å². The van der Waals surface area contributed by atoms with Gasteiger partial charge < -0.3 is 0 Å². The SMILES string of the molecule is CCC[Si@]1(C2CCCCC2)CC[C@@H](CCBr)CC1. The quantitative estimate of drug-likeness (QED) is 0.405. The zero-order valence-corrected chi connectivity index (χ0v) is 14.8. The van der Waals surface area contributed by atoms with Gasteiger partial charge in [-0.25, -0.2) is 0 Å². The van der Waals surface area contributed by atoms with Crippen LogP contribution in [0.1, 0.15) is 64.7 Å². The van der Waals surface area contributed by atoms with Crippen LogP contribution in [0.5, 0.6) is 0 Å². The van der Waals surface area contributed by atoms with Crippen LogP contribution in [-0.4, -0.2) is 13.4 Å². The van der Waals surface area contributed by atoms with Crippen molar-refractivity contribution in [1.82, 2.24) is 0 Å². The van der Waals surface area contributed by atoms with Gasteiger partial charge in [-0.2, -0.15) is 0 Å². The first-order chi connectivity index (χ1) is 8.80. The third-order valence-corrected chi connectivity index (χ3v) is 12.7. The zero-order valence-electron chi connectivity index (χ0n) is 12.2. The van der Waals surface area contributed by atoms with Gasteiger partial charge in [-0.1, -0.05) is 92.4 Å². The maximum absolute atomic E-state index is 3.63. The smallest absolute Gasteiger partial charge is 0.0567 e. The second-order valence-corrected chi connectivity index (χ2v) is 12.7. The Kier molecular flexibility index (Phi) is 6.26. The van der Waals surface area contributed by atoms with Crippen LogP contribution in [0.2, 0.25) is 23.7 Å². The van der Waals surface area contributed by atoms with E-state index in [-0.39, 0.29) is 0 Å². The van der Waals surface area contributed by atoms with Crippen LogP contribution in [0.25, 0.3) is 0 Å². The molecule has 2 fully saturated rings. The molecule has 1 saturated heterocycles. The van der Waals surface area contributed by atoms with E-state index < -0.39 is 8.07 Å². The zero-order chi connectivity index (χ0) is 12.8. The van der Waals surface area contributed by atoms with E-state index in [1.165, 1.54) is 30.1 Å². The van der Waals surface area contributed by atoms with E-state index in [1.54, 1.807) is 56.7 Å². The van der Waals surface area contributed by atoms with Crippen LogP contribution in [0.4, 0.5) is 0 Å². The summed E-state index contributed by atoms with van der Waals surface area (Å²) in [4.78, 5) is 0. The summed E-state index contributed by atoms with van der Waals surface area (Å²) in [6.45, 7) is 2.43. The van der Waals surface area contributed by atoms with Crippen molar-refractivity contribution in [3.8, 4) is 0 Å². The van der Waals surface area contributed by atoms with Gasteiger partial charge in [0.25, 0.3) is 0 Å². The van der Waals surface area contributed by atoms with Crippen LogP contribution in [0.3, 0.4) is 0 Å². The lowest BCUT2D eigenvalue weighted by Gasteiger charge is -2.46. The van der Waals surface area contributed by atoms with E-state index in [2.05, 4.69) is 22.9 Å². The summed E-state index contributed by atoms with van der Waals surface area (Å²) in [6, 6.07) is 5.02. The molecule has 0 aromatic heterocycles. The fourth-order valence-corrected chi connectivity index (χ4v) is 12.0. The molecule has 1 aliphatic heterocycles. The summed E-state index contributed by atoms with van der Waals surface area (Å²) in [6.07, 6.45) is 13.9.